The van der Waals surface area contributed by atoms with Crippen LogP contribution < -0.4 is 10.6 Å². The van der Waals surface area contributed by atoms with Crippen molar-refractivity contribution in [1.82, 2.24) is 10.6 Å². The van der Waals surface area contributed by atoms with Crippen LogP contribution in [-0.2, 0) is 42.8 Å². The van der Waals surface area contributed by atoms with Gasteiger partial charge < -0.3 is 100 Å². The van der Waals surface area contributed by atoms with Crippen LogP contribution in [0.25, 0.3) is 0 Å². The lowest BCUT2D eigenvalue weighted by atomic mass is 9.88. The molecule has 592 valence electrons. The van der Waals surface area contributed by atoms with Gasteiger partial charge in [-0.05, 0) is 44.9 Å². The second kappa shape index (κ2) is 57.4. The first-order valence-electron chi connectivity index (χ1n) is 40.2. The zero-order valence-corrected chi connectivity index (χ0v) is 62.5. The van der Waals surface area contributed by atoms with E-state index < -0.39 is 155 Å². The number of rotatable bonds is 63. The van der Waals surface area contributed by atoms with Crippen LogP contribution in [0.5, 0.6) is 0 Å². The second-order valence-corrected chi connectivity index (χ2v) is 29.3. The number of carboxylic acids is 1. The standard InChI is InChI=1S/C78H144N2O21/c1-4-6-8-10-12-14-16-18-20-22-24-26-27-28-29-30-32-34-36-38-40-42-44-46-48-50-52-65(88)80-59(60(85)51-49-47-45-43-41-39-37-35-33-31-25-23-21-19-17-15-13-11-9-7-5-2)57-96-75-70(92)69(91)72(64(56-83)98-75)99-76-71(93)74(68(90)63(55-82)97-76)101-78(77(94)95)53-61(86)66(79-58(3)84)73(100-78)67(89)62(87)54-81/h28-29,49,51,59-64,66-76,81-83,85-87,89-93H,4-27,30-48,50,52-57H2,1-3H3,(H,79,84)(H,80,88)(H,94,95)/b29-28-,51-49+. The molecule has 18 atom stereocenters. The highest BCUT2D eigenvalue weighted by Crippen LogP contribution is 2.39. The van der Waals surface area contributed by atoms with Crippen LogP contribution >= 0.6 is 0 Å². The first-order valence-corrected chi connectivity index (χ1v) is 40.2. The number of unbranched alkanes of at least 4 members (excludes halogenated alkanes) is 41. The Balaban J connectivity index is 1.53. The van der Waals surface area contributed by atoms with Crippen molar-refractivity contribution in [3.05, 3.63) is 24.3 Å². The monoisotopic (exact) mass is 1450 g/mol. The Kier molecular flexibility index (Phi) is 52.5. The molecule has 14 N–H and O–H groups in total. The molecule has 3 fully saturated rings. The topological polar surface area (TPSA) is 373 Å². The summed E-state index contributed by atoms with van der Waals surface area (Å²) in [6.07, 6.45) is 33.5. The molecule has 3 heterocycles. The molecule has 101 heavy (non-hydrogen) atoms. The van der Waals surface area contributed by atoms with Gasteiger partial charge in [-0.2, -0.15) is 0 Å². The van der Waals surface area contributed by atoms with Crippen molar-refractivity contribution in [2.24, 2.45) is 0 Å². The van der Waals surface area contributed by atoms with E-state index in [1.165, 1.54) is 218 Å². The Morgan fingerprint density at radius 3 is 1.35 bits per heavy atom. The summed E-state index contributed by atoms with van der Waals surface area (Å²) in [4.78, 5) is 38.7. The van der Waals surface area contributed by atoms with Gasteiger partial charge in [0.25, 0.3) is 5.79 Å². The number of hydrogen-bond donors (Lipinski definition) is 14. The molecular weight excluding hydrogens is 1300 g/mol. The molecule has 0 aromatic heterocycles. The van der Waals surface area contributed by atoms with Gasteiger partial charge >= 0.3 is 5.97 Å². The van der Waals surface area contributed by atoms with Crippen molar-refractivity contribution in [2.45, 2.75) is 426 Å². The van der Waals surface area contributed by atoms with Crippen LogP contribution in [0.15, 0.2) is 24.3 Å². The van der Waals surface area contributed by atoms with E-state index in [1.54, 1.807) is 6.08 Å². The zero-order valence-electron chi connectivity index (χ0n) is 62.5. The predicted molar refractivity (Wildman–Crippen MR) is 389 cm³/mol. The quantitative estimate of drug-likeness (QED) is 0.0199. The van der Waals surface area contributed by atoms with Crippen LogP contribution in [-0.4, -0.2) is 215 Å². The van der Waals surface area contributed by atoms with Gasteiger partial charge in [-0.15, -0.1) is 0 Å². The molecule has 0 spiro atoms. The van der Waals surface area contributed by atoms with E-state index in [2.05, 4.69) is 36.6 Å². The van der Waals surface area contributed by atoms with Gasteiger partial charge in [-0.3, -0.25) is 9.59 Å². The number of carboxylic acid groups (broad SMARTS) is 1. The minimum absolute atomic E-state index is 0.200. The van der Waals surface area contributed by atoms with E-state index in [-0.39, 0.29) is 12.3 Å². The summed E-state index contributed by atoms with van der Waals surface area (Å²) >= 11 is 0. The van der Waals surface area contributed by atoms with Gasteiger partial charge in [-0.25, -0.2) is 4.79 Å². The summed E-state index contributed by atoms with van der Waals surface area (Å²) in [5.74, 6) is -6.14. The molecule has 0 aliphatic carbocycles. The lowest BCUT2D eigenvalue weighted by Gasteiger charge is -2.50. The number of nitrogens with one attached hydrogen (secondary N) is 2. The van der Waals surface area contributed by atoms with E-state index in [1.807, 2.05) is 6.08 Å². The number of aliphatic hydroxyl groups is 11. The number of carbonyl (C=O) groups is 3. The fraction of sp³-hybridized carbons (Fsp3) is 0.910. The fourth-order valence-electron chi connectivity index (χ4n) is 14.0. The maximum atomic E-state index is 13.5. The highest BCUT2D eigenvalue weighted by molar-refractivity contribution is 5.77. The lowest BCUT2D eigenvalue weighted by molar-refractivity contribution is -0.386. The zero-order chi connectivity index (χ0) is 73.9. The average Bonchev–Trinajstić information content (AvgIpc) is 0.756. The number of allylic oxidation sites excluding steroid dienone is 3. The van der Waals surface area contributed by atoms with Crippen LogP contribution in [0.3, 0.4) is 0 Å². The SMILES string of the molecule is CCCCCCCCCCCCCC/C=C\CCCCCCCCCCCCC(=O)NC(COC1OC(CO)C(OC2OC(CO)C(O)C(OC3(C(=O)O)CC(O)C(NC(C)=O)C(C(O)C(O)CO)O3)C2O)C(O)C1O)C(O)/C=C/CCCCCCCCCCCCCCCCCCCCC. The summed E-state index contributed by atoms with van der Waals surface area (Å²) in [7, 11) is 0. The summed E-state index contributed by atoms with van der Waals surface area (Å²) in [6, 6.07) is -2.62. The minimum Gasteiger partial charge on any atom is -0.477 e. The Morgan fingerprint density at radius 2 is 0.931 bits per heavy atom. The number of ether oxygens (including phenoxy) is 6. The average molecular weight is 1450 g/mol. The third kappa shape index (κ3) is 38.0. The van der Waals surface area contributed by atoms with Crippen molar-refractivity contribution >= 4 is 17.8 Å². The van der Waals surface area contributed by atoms with Crippen molar-refractivity contribution < 1.29 is 104 Å². The molecule has 18 unspecified atom stereocenters. The second-order valence-electron chi connectivity index (χ2n) is 29.3. The van der Waals surface area contributed by atoms with E-state index in [9.17, 15) is 75.7 Å². The van der Waals surface area contributed by atoms with Crippen molar-refractivity contribution in [1.29, 1.82) is 0 Å². The molecule has 0 bridgehead atoms. The van der Waals surface area contributed by atoms with Gasteiger partial charge in [-0.1, -0.05) is 276 Å². The highest BCUT2D eigenvalue weighted by atomic mass is 16.8. The van der Waals surface area contributed by atoms with Crippen LogP contribution in [0, 0.1) is 0 Å². The van der Waals surface area contributed by atoms with Gasteiger partial charge in [0.1, 0.15) is 67.1 Å². The number of amides is 2. The molecule has 0 aromatic carbocycles. The molecule has 0 aromatic rings. The Labute approximate surface area is 606 Å². The van der Waals surface area contributed by atoms with Crippen molar-refractivity contribution in [2.75, 3.05) is 26.4 Å². The third-order valence-corrected chi connectivity index (χ3v) is 20.4. The maximum absolute atomic E-state index is 13.5. The van der Waals surface area contributed by atoms with E-state index in [0.29, 0.717) is 12.8 Å². The van der Waals surface area contributed by atoms with Gasteiger partial charge in [0.15, 0.2) is 12.6 Å². The molecule has 3 aliphatic heterocycles. The molecule has 23 nitrogen and oxygen atoms in total. The highest BCUT2D eigenvalue weighted by Gasteiger charge is 2.60. The number of carbonyl (C=O) groups excluding carboxylic acids is 2. The maximum Gasteiger partial charge on any atom is 0.364 e. The summed E-state index contributed by atoms with van der Waals surface area (Å²) < 4.78 is 34.9. The van der Waals surface area contributed by atoms with Gasteiger partial charge in [0.2, 0.25) is 11.8 Å². The number of aliphatic hydroxyl groups excluding tert-OH is 11. The normalized spacial score (nSPS) is 26.9. The van der Waals surface area contributed by atoms with E-state index in [4.69, 9.17) is 28.4 Å². The Hall–Kier alpha value is -2.79. The van der Waals surface area contributed by atoms with Crippen molar-refractivity contribution in [3.8, 4) is 0 Å². The molecular formula is C78H144N2O21. The minimum atomic E-state index is -3.08. The smallest absolute Gasteiger partial charge is 0.364 e. The number of hydrogen-bond acceptors (Lipinski definition) is 20. The summed E-state index contributed by atoms with van der Waals surface area (Å²) in [5.41, 5.74) is 0. The van der Waals surface area contributed by atoms with E-state index in [0.717, 1.165) is 58.3 Å². The molecule has 2 amide bonds. The molecule has 3 saturated heterocycles. The molecule has 0 radical (unpaired) electrons. The molecule has 23 heteroatoms. The van der Waals surface area contributed by atoms with Crippen molar-refractivity contribution in [3.63, 3.8) is 0 Å². The van der Waals surface area contributed by atoms with E-state index >= 15 is 0 Å². The van der Waals surface area contributed by atoms with Gasteiger partial charge in [0.05, 0.1) is 50.7 Å². The molecule has 0 saturated carbocycles. The largest absolute Gasteiger partial charge is 0.477 e. The molecule has 3 rings (SSSR count). The lowest BCUT2D eigenvalue weighted by Crippen LogP contribution is -2.70. The Bertz CT molecular complexity index is 2110. The Morgan fingerprint density at radius 1 is 0.515 bits per heavy atom. The first kappa shape index (κ1) is 92.4. The summed E-state index contributed by atoms with van der Waals surface area (Å²) in [6.45, 7) is 2.19. The number of aliphatic carboxylic acids is 1. The predicted octanol–water partition coefficient (Wildman–Crippen LogP) is 10.4. The van der Waals surface area contributed by atoms with Crippen LogP contribution in [0.2, 0.25) is 0 Å². The fourth-order valence-corrected chi connectivity index (χ4v) is 14.0. The van der Waals surface area contributed by atoms with Gasteiger partial charge in [0, 0.05) is 19.8 Å². The van der Waals surface area contributed by atoms with Crippen LogP contribution in [0.4, 0.5) is 0 Å². The summed E-state index contributed by atoms with van der Waals surface area (Å²) in [5, 5.41) is 136. The molecule has 3 aliphatic rings. The third-order valence-electron chi connectivity index (χ3n) is 20.4. The first-order chi connectivity index (χ1) is 48.9. The van der Waals surface area contributed by atoms with Crippen LogP contribution in [0.1, 0.15) is 316 Å².